The quantitative estimate of drug-likeness (QED) is 0.768. The molecule has 1 heterocycles. The van der Waals surface area contributed by atoms with Gasteiger partial charge in [-0.05, 0) is 37.1 Å². The number of anilines is 2. The number of hydrogen-bond donors (Lipinski definition) is 2. The molecule has 0 aliphatic rings. The Labute approximate surface area is 131 Å². The van der Waals surface area contributed by atoms with Crippen molar-refractivity contribution in [3.63, 3.8) is 0 Å². The molecule has 0 saturated carbocycles. The van der Waals surface area contributed by atoms with Crippen molar-refractivity contribution in [1.82, 2.24) is 15.5 Å². The Balaban J connectivity index is 1.92. The van der Waals surface area contributed by atoms with Gasteiger partial charge in [-0.1, -0.05) is 38.0 Å². The van der Waals surface area contributed by atoms with E-state index in [-0.39, 0.29) is 5.91 Å². The fourth-order valence-corrected chi connectivity index (χ4v) is 2.04. The summed E-state index contributed by atoms with van der Waals surface area (Å²) in [6.45, 7) is 4.83. The van der Waals surface area contributed by atoms with Gasteiger partial charge in [0.15, 0.2) is 11.5 Å². The Hall–Kier alpha value is -2.43. The highest BCUT2D eigenvalue weighted by atomic mass is 16.1. The zero-order valence-corrected chi connectivity index (χ0v) is 13.1. The molecule has 116 valence electrons. The largest absolute Gasteiger partial charge is 0.351 e. The molecule has 5 nitrogen and oxygen atoms in total. The predicted molar refractivity (Wildman–Crippen MR) is 88.4 cm³/mol. The molecule has 0 aliphatic heterocycles. The molecule has 22 heavy (non-hydrogen) atoms. The Morgan fingerprint density at radius 1 is 1.09 bits per heavy atom. The number of aromatic nitrogens is 2. The van der Waals surface area contributed by atoms with E-state index in [1.807, 2.05) is 31.2 Å². The molecule has 2 N–H and O–H groups in total. The Kier molecular flexibility index (Phi) is 5.89. The van der Waals surface area contributed by atoms with Crippen LogP contribution in [0.15, 0.2) is 36.4 Å². The van der Waals surface area contributed by atoms with Gasteiger partial charge in [-0.15, -0.1) is 10.2 Å². The molecule has 1 aromatic carbocycles. The zero-order valence-electron chi connectivity index (χ0n) is 13.1. The normalized spacial score (nSPS) is 10.3. The van der Waals surface area contributed by atoms with Crippen LogP contribution in [0.2, 0.25) is 0 Å². The summed E-state index contributed by atoms with van der Waals surface area (Å²) in [4.78, 5) is 11.9. The SMILES string of the molecule is CCCCCNC(=O)c1ccc(Nc2ccccc2C)nn1. The minimum Gasteiger partial charge on any atom is -0.351 e. The fourth-order valence-electron chi connectivity index (χ4n) is 2.04. The molecule has 5 heteroatoms. The maximum atomic E-state index is 11.9. The van der Waals surface area contributed by atoms with Gasteiger partial charge in [-0.2, -0.15) is 0 Å². The van der Waals surface area contributed by atoms with Gasteiger partial charge in [0.25, 0.3) is 5.91 Å². The van der Waals surface area contributed by atoms with E-state index in [1.54, 1.807) is 12.1 Å². The Bertz CT molecular complexity index is 610. The van der Waals surface area contributed by atoms with Crippen molar-refractivity contribution in [2.45, 2.75) is 33.1 Å². The summed E-state index contributed by atoms with van der Waals surface area (Å²) in [5.74, 6) is 0.447. The van der Waals surface area contributed by atoms with Crippen LogP contribution in [0.3, 0.4) is 0 Å². The molecule has 0 aliphatic carbocycles. The molecule has 1 aromatic heterocycles. The molecular formula is C17H22N4O. The number of para-hydroxylation sites is 1. The molecule has 0 saturated heterocycles. The van der Waals surface area contributed by atoms with Crippen molar-refractivity contribution < 1.29 is 4.79 Å². The van der Waals surface area contributed by atoms with Crippen LogP contribution in [0.1, 0.15) is 42.2 Å². The molecule has 0 bridgehead atoms. The van der Waals surface area contributed by atoms with Crippen molar-refractivity contribution in [3.8, 4) is 0 Å². The van der Waals surface area contributed by atoms with Crippen LogP contribution in [0.5, 0.6) is 0 Å². The second-order valence-corrected chi connectivity index (χ2v) is 5.21. The van der Waals surface area contributed by atoms with E-state index in [9.17, 15) is 4.79 Å². The maximum absolute atomic E-state index is 11.9. The van der Waals surface area contributed by atoms with Crippen LogP contribution >= 0.6 is 0 Å². The first-order valence-corrected chi connectivity index (χ1v) is 7.65. The first kappa shape index (κ1) is 15.9. The van der Waals surface area contributed by atoms with Crippen molar-refractivity contribution in [3.05, 3.63) is 47.7 Å². The standard InChI is InChI=1S/C17H22N4O/c1-3-4-7-12-18-17(22)15-10-11-16(21-20-15)19-14-9-6-5-8-13(14)2/h5-6,8-11H,3-4,7,12H2,1-2H3,(H,18,22)(H,19,21). The highest BCUT2D eigenvalue weighted by Crippen LogP contribution is 2.17. The highest BCUT2D eigenvalue weighted by molar-refractivity contribution is 5.92. The molecule has 0 fully saturated rings. The number of carbonyl (C=O) groups is 1. The summed E-state index contributed by atoms with van der Waals surface area (Å²) < 4.78 is 0. The second-order valence-electron chi connectivity index (χ2n) is 5.21. The number of unbranched alkanes of at least 4 members (excludes halogenated alkanes) is 2. The molecule has 0 radical (unpaired) electrons. The van der Waals surface area contributed by atoms with Crippen LogP contribution in [0, 0.1) is 6.92 Å². The van der Waals surface area contributed by atoms with Crippen LogP contribution < -0.4 is 10.6 Å². The van der Waals surface area contributed by atoms with Crippen molar-refractivity contribution in [2.75, 3.05) is 11.9 Å². The number of nitrogens with zero attached hydrogens (tertiary/aromatic N) is 2. The van der Waals surface area contributed by atoms with Gasteiger partial charge in [0.1, 0.15) is 0 Å². The fraction of sp³-hybridized carbons (Fsp3) is 0.353. The van der Waals surface area contributed by atoms with E-state index in [1.165, 1.54) is 0 Å². The Morgan fingerprint density at radius 3 is 2.59 bits per heavy atom. The molecular weight excluding hydrogens is 276 g/mol. The third-order valence-electron chi connectivity index (χ3n) is 3.37. The molecule has 2 rings (SSSR count). The predicted octanol–water partition coefficient (Wildman–Crippen LogP) is 3.45. The van der Waals surface area contributed by atoms with Gasteiger partial charge < -0.3 is 10.6 Å². The van der Waals surface area contributed by atoms with Crippen LogP contribution in [0.25, 0.3) is 0 Å². The van der Waals surface area contributed by atoms with Gasteiger partial charge in [0.05, 0.1) is 0 Å². The summed E-state index contributed by atoms with van der Waals surface area (Å²) in [5, 5.41) is 14.1. The van der Waals surface area contributed by atoms with Crippen LogP contribution in [-0.2, 0) is 0 Å². The number of benzene rings is 1. The lowest BCUT2D eigenvalue weighted by Crippen LogP contribution is -2.25. The number of nitrogens with one attached hydrogen (secondary N) is 2. The third kappa shape index (κ3) is 4.55. The van der Waals surface area contributed by atoms with Crippen molar-refractivity contribution >= 4 is 17.4 Å². The van der Waals surface area contributed by atoms with Crippen molar-refractivity contribution in [2.24, 2.45) is 0 Å². The molecule has 0 atom stereocenters. The van der Waals surface area contributed by atoms with Crippen LogP contribution in [-0.4, -0.2) is 22.6 Å². The molecule has 1 amide bonds. The van der Waals surface area contributed by atoms with Crippen LogP contribution in [0.4, 0.5) is 11.5 Å². The lowest BCUT2D eigenvalue weighted by Gasteiger charge is -2.08. The van der Waals surface area contributed by atoms with E-state index in [2.05, 4.69) is 27.8 Å². The number of hydrogen-bond acceptors (Lipinski definition) is 4. The maximum Gasteiger partial charge on any atom is 0.271 e. The van der Waals surface area contributed by atoms with Gasteiger partial charge >= 0.3 is 0 Å². The molecule has 2 aromatic rings. The van der Waals surface area contributed by atoms with Gasteiger partial charge in [-0.3, -0.25) is 4.79 Å². The van der Waals surface area contributed by atoms with Crippen molar-refractivity contribution in [1.29, 1.82) is 0 Å². The van der Waals surface area contributed by atoms with E-state index in [4.69, 9.17) is 0 Å². The van der Waals surface area contributed by atoms with E-state index in [0.29, 0.717) is 18.1 Å². The number of aryl methyl sites for hydroxylation is 1. The third-order valence-corrected chi connectivity index (χ3v) is 3.37. The lowest BCUT2D eigenvalue weighted by atomic mass is 10.2. The smallest absolute Gasteiger partial charge is 0.271 e. The van der Waals surface area contributed by atoms with Gasteiger partial charge in [0, 0.05) is 12.2 Å². The zero-order chi connectivity index (χ0) is 15.8. The van der Waals surface area contributed by atoms with Gasteiger partial charge in [-0.25, -0.2) is 0 Å². The van der Waals surface area contributed by atoms with E-state index < -0.39 is 0 Å². The average molecular weight is 298 g/mol. The monoisotopic (exact) mass is 298 g/mol. The topological polar surface area (TPSA) is 66.9 Å². The summed E-state index contributed by atoms with van der Waals surface area (Å²) >= 11 is 0. The minimum atomic E-state index is -0.175. The van der Waals surface area contributed by atoms with E-state index >= 15 is 0 Å². The summed E-state index contributed by atoms with van der Waals surface area (Å²) in [7, 11) is 0. The number of carbonyl (C=O) groups excluding carboxylic acids is 1. The average Bonchev–Trinajstić information content (AvgIpc) is 2.54. The van der Waals surface area contributed by atoms with E-state index in [0.717, 1.165) is 30.5 Å². The molecule has 0 unspecified atom stereocenters. The summed E-state index contributed by atoms with van der Waals surface area (Å²) in [6.07, 6.45) is 3.24. The highest BCUT2D eigenvalue weighted by Gasteiger charge is 2.07. The first-order chi connectivity index (χ1) is 10.7. The number of amides is 1. The molecule has 0 spiro atoms. The summed E-state index contributed by atoms with van der Waals surface area (Å²) in [5.41, 5.74) is 2.45. The lowest BCUT2D eigenvalue weighted by molar-refractivity contribution is 0.0947. The number of rotatable bonds is 7. The second kappa shape index (κ2) is 8.12. The van der Waals surface area contributed by atoms with Gasteiger partial charge in [0.2, 0.25) is 0 Å². The Morgan fingerprint density at radius 2 is 1.91 bits per heavy atom. The first-order valence-electron chi connectivity index (χ1n) is 7.65. The minimum absolute atomic E-state index is 0.175. The summed E-state index contributed by atoms with van der Waals surface area (Å²) in [6, 6.07) is 11.4.